The van der Waals surface area contributed by atoms with Gasteiger partial charge in [0.2, 0.25) is 5.91 Å². The zero-order valence-corrected chi connectivity index (χ0v) is 16.5. The van der Waals surface area contributed by atoms with E-state index in [1.54, 1.807) is 24.3 Å². The van der Waals surface area contributed by atoms with Gasteiger partial charge in [-0.2, -0.15) is 0 Å². The molecule has 0 radical (unpaired) electrons. The van der Waals surface area contributed by atoms with Crippen LogP contribution in [0.15, 0.2) is 48.5 Å². The third-order valence-electron chi connectivity index (χ3n) is 5.15. The normalized spacial score (nSPS) is 18.7. The Kier molecular flexibility index (Phi) is 6.61. The Morgan fingerprint density at radius 3 is 2.66 bits per heavy atom. The van der Waals surface area contributed by atoms with Crippen LogP contribution >= 0.6 is 0 Å². The Bertz CT molecular complexity index is 912. The maximum absolute atomic E-state index is 12.7. The number of carbonyl (C=O) groups excluding carboxylic acids is 3. The second-order valence-electron chi connectivity index (χ2n) is 7.54. The van der Waals surface area contributed by atoms with Crippen LogP contribution in [0.1, 0.15) is 28.8 Å². The molecule has 0 saturated carbocycles. The van der Waals surface area contributed by atoms with Crippen molar-refractivity contribution in [1.82, 2.24) is 0 Å². The number of carbonyl (C=O) groups is 3. The molecule has 1 heterocycles. The molecule has 152 valence electrons. The van der Waals surface area contributed by atoms with Crippen LogP contribution in [-0.4, -0.2) is 37.4 Å². The zero-order chi connectivity index (χ0) is 20.8. The van der Waals surface area contributed by atoms with E-state index >= 15 is 0 Å². The van der Waals surface area contributed by atoms with Crippen molar-refractivity contribution in [3.05, 3.63) is 59.7 Å². The number of para-hydroxylation sites is 1. The van der Waals surface area contributed by atoms with Gasteiger partial charge in [0.25, 0.3) is 11.8 Å². The van der Waals surface area contributed by atoms with Crippen LogP contribution in [0, 0.1) is 12.8 Å². The standard InChI is InChI=1S/C22H26N4O3/c1-15-6-4-8-17(12-15)24-22(29)18-9-2-3-10-19(18)25-20(27)14-26-11-5-7-16(13-26)21(23)28/h2-4,6,8-10,12,16H,5,7,11,13-14H2,1H3,(H2,23,28)(H,24,29)(H,25,27)/p+1/t16-/m0/s1. The van der Waals surface area contributed by atoms with Crippen LogP contribution in [0.4, 0.5) is 11.4 Å². The Balaban J connectivity index is 1.64. The fourth-order valence-corrected chi connectivity index (χ4v) is 3.69. The number of quaternary nitrogens is 1. The summed E-state index contributed by atoms with van der Waals surface area (Å²) in [5, 5.41) is 5.71. The van der Waals surface area contributed by atoms with Crippen LogP contribution in [0.3, 0.4) is 0 Å². The molecule has 3 amide bonds. The predicted octanol–water partition coefficient (Wildman–Crippen LogP) is 0.966. The Hall–Kier alpha value is -3.19. The average Bonchev–Trinajstić information content (AvgIpc) is 2.68. The van der Waals surface area contributed by atoms with E-state index < -0.39 is 0 Å². The molecule has 0 spiro atoms. The highest BCUT2D eigenvalue weighted by Crippen LogP contribution is 2.18. The molecule has 7 nitrogen and oxygen atoms in total. The first-order chi connectivity index (χ1) is 13.9. The molecule has 29 heavy (non-hydrogen) atoms. The van der Waals surface area contributed by atoms with Gasteiger partial charge in [-0.05, 0) is 49.6 Å². The first kappa shape index (κ1) is 20.5. The Labute approximate surface area is 170 Å². The molecule has 3 rings (SSSR count). The number of piperidine rings is 1. The molecular formula is C22H27N4O3+. The molecule has 0 aliphatic carbocycles. The molecule has 7 heteroatoms. The number of hydrogen-bond donors (Lipinski definition) is 4. The summed E-state index contributed by atoms with van der Waals surface area (Å²) in [7, 11) is 0. The van der Waals surface area contributed by atoms with Crippen molar-refractivity contribution in [2.75, 3.05) is 30.3 Å². The molecule has 0 bridgehead atoms. The number of aryl methyl sites for hydroxylation is 1. The molecule has 1 aliphatic heterocycles. The van der Waals surface area contributed by atoms with E-state index in [9.17, 15) is 14.4 Å². The van der Waals surface area contributed by atoms with Gasteiger partial charge in [-0.3, -0.25) is 14.4 Å². The molecule has 1 saturated heterocycles. The number of likely N-dealkylation sites (tertiary alicyclic amines) is 1. The maximum Gasteiger partial charge on any atom is 0.279 e. The fraction of sp³-hybridized carbons (Fsp3) is 0.318. The van der Waals surface area contributed by atoms with Gasteiger partial charge in [0.05, 0.1) is 30.3 Å². The number of benzene rings is 2. The lowest BCUT2D eigenvalue weighted by Gasteiger charge is -2.27. The van der Waals surface area contributed by atoms with Gasteiger partial charge in [0, 0.05) is 5.69 Å². The van der Waals surface area contributed by atoms with E-state index in [-0.39, 0.29) is 30.2 Å². The molecule has 0 aromatic heterocycles. The van der Waals surface area contributed by atoms with Gasteiger partial charge < -0.3 is 21.3 Å². The Morgan fingerprint density at radius 2 is 1.90 bits per heavy atom. The van der Waals surface area contributed by atoms with Gasteiger partial charge in [-0.15, -0.1) is 0 Å². The minimum Gasteiger partial charge on any atom is -0.369 e. The fourth-order valence-electron chi connectivity index (χ4n) is 3.69. The largest absolute Gasteiger partial charge is 0.369 e. The monoisotopic (exact) mass is 395 g/mol. The van der Waals surface area contributed by atoms with E-state index in [0.717, 1.165) is 29.8 Å². The second kappa shape index (κ2) is 9.34. The smallest absolute Gasteiger partial charge is 0.279 e. The molecule has 1 aliphatic rings. The van der Waals surface area contributed by atoms with Gasteiger partial charge in [0.15, 0.2) is 6.54 Å². The van der Waals surface area contributed by atoms with Gasteiger partial charge in [-0.25, -0.2) is 0 Å². The summed E-state index contributed by atoms with van der Waals surface area (Å²) >= 11 is 0. The SMILES string of the molecule is Cc1cccc(NC(=O)c2ccccc2NC(=O)C[NH+]2CCC[C@H](C(N)=O)C2)c1. The van der Waals surface area contributed by atoms with E-state index in [0.29, 0.717) is 23.5 Å². The van der Waals surface area contributed by atoms with Crippen molar-refractivity contribution in [3.63, 3.8) is 0 Å². The van der Waals surface area contributed by atoms with Crippen LogP contribution in [-0.2, 0) is 9.59 Å². The molecule has 1 unspecified atom stereocenters. The third-order valence-corrected chi connectivity index (χ3v) is 5.15. The summed E-state index contributed by atoms with van der Waals surface area (Å²) in [4.78, 5) is 37.7. The molecule has 2 atom stereocenters. The lowest BCUT2D eigenvalue weighted by Crippen LogP contribution is -3.14. The van der Waals surface area contributed by atoms with Crippen LogP contribution in [0.25, 0.3) is 0 Å². The number of hydrogen-bond acceptors (Lipinski definition) is 3. The predicted molar refractivity (Wildman–Crippen MR) is 112 cm³/mol. The van der Waals surface area contributed by atoms with Crippen LogP contribution in [0.2, 0.25) is 0 Å². The third kappa shape index (κ3) is 5.65. The summed E-state index contributed by atoms with van der Waals surface area (Å²) in [5.41, 5.74) is 8.02. The van der Waals surface area contributed by atoms with Crippen LogP contribution < -0.4 is 21.3 Å². The highest BCUT2D eigenvalue weighted by molar-refractivity contribution is 6.10. The topological polar surface area (TPSA) is 106 Å². The van der Waals surface area contributed by atoms with Crippen LogP contribution in [0.5, 0.6) is 0 Å². The van der Waals surface area contributed by atoms with E-state index in [1.807, 2.05) is 31.2 Å². The van der Waals surface area contributed by atoms with E-state index in [4.69, 9.17) is 5.73 Å². The van der Waals surface area contributed by atoms with E-state index in [2.05, 4.69) is 10.6 Å². The van der Waals surface area contributed by atoms with Gasteiger partial charge in [0.1, 0.15) is 0 Å². The highest BCUT2D eigenvalue weighted by Gasteiger charge is 2.28. The van der Waals surface area contributed by atoms with Crippen molar-refractivity contribution in [2.24, 2.45) is 11.7 Å². The zero-order valence-electron chi connectivity index (χ0n) is 16.5. The molecular weight excluding hydrogens is 368 g/mol. The number of rotatable bonds is 6. The van der Waals surface area contributed by atoms with Gasteiger partial charge >= 0.3 is 0 Å². The Morgan fingerprint density at radius 1 is 1.10 bits per heavy atom. The molecule has 5 N–H and O–H groups in total. The molecule has 2 aromatic carbocycles. The minimum atomic E-state index is -0.305. The summed E-state index contributed by atoms with van der Waals surface area (Å²) in [6.45, 7) is 3.58. The quantitative estimate of drug-likeness (QED) is 0.585. The maximum atomic E-state index is 12.7. The van der Waals surface area contributed by atoms with Gasteiger partial charge in [-0.1, -0.05) is 24.3 Å². The van der Waals surface area contributed by atoms with Crippen molar-refractivity contribution in [1.29, 1.82) is 0 Å². The summed E-state index contributed by atoms with van der Waals surface area (Å²) in [6.07, 6.45) is 1.65. The lowest BCUT2D eigenvalue weighted by molar-refractivity contribution is -0.899. The lowest BCUT2D eigenvalue weighted by atomic mass is 9.97. The first-order valence-electron chi connectivity index (χ1n) is 9.82. The minimum absolute atomic E-state index is 0.182. The second-order valence-corrected chi connectivity index (χ2v) is 7.54. The summed E-state index contributed by atoms with van der Waals surface area (Å²) in [6, 6.07) is 14.5. The highest BCUT2D eigenvalue weighted by atomic mass is 16.2. The summed E-state index contributed by atoms with van der Waals surface area (Å²) in [5.74, 6) is -0.966. The number of amides is 3. The van der Waals surface area contributed by atoms with Crippen molar-refractivity contribution in [3.8, 4) is 0 Å². The first-order valence-corrected chi connectivity index (χ1v) is 9.82. The number of anilines is 2. The van der Waals surface area contributed by atoms with E-state index in [1.165, 1.54) is 0 Å². The molecule has 2 aromatic rings. The van der Waals surface area contributed by atoms with Crippen molar-refractivity contribution >= 4 is 29.1 Å². The summed E-state index contributed by atoms with van der Waals surface area (Å²) < 4.78 is 0. The van der Waals surface area contributed by atoms with Crippen molar-refractivity contribution < 1.29 is 19.3 Å². The van der Waals surface area contributed by atoms with Crippen molar-refractivity contribution in [2.45, 2.75) is 19.8 Å². The average molecular weight is 395 g/mol. The number of nitrogens with one attached hydrogen (secondary N) is 3. The number of nitrogens with two attached hydrogens (primary N) is 1. The molecule has 1 fully saturated rings. The number of primary amides is 1.